The minimum atomic E-state index is -0.631. The van der Waals surface area contributed by atoms with Gasteiger partial charge in [0.2, 0.25) is 5.88 Å². The molecular weight excluding hydrogens is 236 g/mol. The average molecular weight is 250 g/mol. The van der Waals surface area contributed by atoms with Crippen molar-refractivity contribution in [2.75, 3.05) is 13.4 Å². The van der Waals surface area contributed by atoms with Gasteiger partial charge < -0.3 is 18.9 Å². The summed E-state index contributed by atoms with van der Waals surface area (Å²) in [7, 11) is 0. The van der Waals surface area contributed by atoms with Crippen LogP contribution in [-0.4, -0.2) is 30.5 Å². The molecule has 0 N–H and O–H groups in total. The molecule has 2 rings (SSSR count). The first-order valence-corrected chi connectivity index (χ1v) is 5.52. The van der Waals surface area contributed by atoms with Gasteiger partial charge in [0.05, 0.1) is 0 Å². The molecule has 6 heteroatoms. The van der Waals surface area contributed by atoms with Crippen molar-refractivity contribution in [2.24, 2.45) is 0 Å². The Labute approximate surface area is 105 Å². The van der Waals surface area contributed by atoms with Gasteiger partial charge >= 0.3 is 0 Å². The van der Waals surface area contributed by atoms with Crippen molar-refractivity contribution in [3.63, 3.8) is 0 Å². The standard InChI is InChI=1S/C12H14N2O4/c1-12(2)17-7-10(18-12)15-8-16-11-9(6-13)4-3-5-14-11/h3-5,10H,7-8H2,1-2H3. The minimum Gasteiger partial charge on any atom is -0.449 e. The van der Waals surface area contributed by atoms with E-state index in [1.807, 2.05) is 19.9 Å². The Hall–Kier alpha value is -1.68. The Morgan fingerprint density at radius 3 is 3.11 bits per heavy atom. The topological polar surface area (TPSA) is 73.6 Å². The number of nitriles is 1. The van der Waals surface area contributed by atoms with Crippen molar-refractivity contribution >= 4 is 0 Å². The maximum absolute atomic E-state index is 8.84. The average Bonchev–Trinajstić information content (AvgIpc) is 2.69. The predicted molar refractivity (Wildman–Crippen MR) is 60.4 cm³/mol. The van der Waals surface area contributed by atoms with Gasteiger partial charge in [0, 0.05) is 6.20 Å². The third-order valence-corrected chi connectivity index (χ3v) is 2.32. The van der Waals surface area contributed by atoms with Crippen LogP contribution in [0.5, 0.6) is 5.88 Å². The molecule has 1 aliphatic rings. The van der Waals surface area contributed by atoms with E-state index in [2.05, 4.69) is 4.98 Å². The first-order valence-electron chi connectivity index (χ1n) is 5.52. The number of rotatable bonds is 4. The lowest BCUT2D eigenvalue weighted by Gasteiger charge is -2.17. The van der Waals surface area contributed by atoms with Crippen LogP contribution < -0.4 is 4.74 Å². The molecule has 1 aromatic heterocycles. The summed E-state index contributed by atoms with van der Waals surface area (Å²) in [5.74, 6) is -0.383. The van der Waals surface area contributed by atoms with Crippen molar-refractivity contribution in [2.45, 2.75) is 25.9 Å². The van der Waals surface area contributed by atoms with Crippen LogP contribution in [-0.2, 0) is 14.2 Å². The van der Waals surface area contributed by atoms with Crippen molar-refractivity contribution < 1.29 is 18.9 Å². The SMILES string of the molecule is CC1(C)OCC(OCOc2ncccc2C#N)O1. The lowest BCUT2D eigenvalue weighted by molar-refractivity contribution is -0.206. The predicted octanol–water partition coefficient (Wildman–Crippen LogP) is 1.42. The van der Waals surface area contributed by atoms with E-state index in [0.717, 1.165) is 0 Å². The zero-order chi connectivity index (χ0) is 13.0. The van der Waals surface area contributed by atoms with Crippen LogP contribution in [0.4, 0.5) is 0 Å². The second-order valence-electron chi connectivity index (χ2n) is 4.16. The highest BCUT2D eigenvalue weighted by Gasteiger charge is 2.33. The second-order valence-corrected chi connectivity index (χ2v) is 4.16. The van der Waals surface area contributed by atoms with Crippen molar-refractivity contribution in [3.05, 3.63) is 23.9 Å². The highest BCUT2D eigenvalue weighted by molar-refractivity contribution is 5.36. The fourth-order valence-electron chi connectivity index (χ4n) is 1.49. The van der Waals surface area contributed by atoms with Gasteiger partial charge in [0.15, 0.2) is 18.9 Å². The summed E-state index contributed by atoms with van der Waals surface area (Å²) in [6.45, 7) is 3.92. The molecule has 1 aliphatic heterocycles. The van der Waals surface area contributed by atoms with Crippen LogP contribution in [0.25, 0.3) is 0 Å². The third-order valence-electron chi connectivity index (χ3n) is 2.32. The Morgan fingerprint density at radius 2 is 2.44 bits per heavy atom. The van der Waals surface area contributed by atoms with Gasteiger partial charge in [-0.3, -0.25) is 0 Å². The first-order chi connectivity index (χ1) is 8.61. The molecular formula is C12H14N2O4. The number of ether oxygens (including phenoxy) is 4. The van der Waals surface area contributed by atoms with E-state index in [1.165, 1.54) is 0 Å². The van der Waals surface area contributed by atoms with E-state index in [1.54, 1.807) is 18.3 Å². The molecule has 1 unspecified atom stereocenters. The van der Waals surface area contributed by atoms with Crippen molar-refractivity contribution in [1.29, 1.82) is 5.26 Å². The molecule has 1 saturated heterocycles. The molecule has 0 spiro atoms. The van der Waals surface area contributed by atoms with Gasteiger partial charge in [-0.2, -0.15) is 5.26 Å². The molecule has 96 valence electrons. The van der Waals surface area contributed by atoms with Gasteiger partial charge in [-0.15, -0.1) is 0 Å². The molecule has 18 heavy (non-hydrogen) atoms. The lowest BCUT2D eigenvalue weighted by Crippen LogP contribution is -2.24. The number of pyridine rings is 1. The largest absolute Gasteiger partial charge is 0.449 e. The van der Waals surface area contributed by atoms with Crippen LogP contribution in [0.2, 0.25) is 0 Å². The summed E-state index contributed by atoms with van der Waals surface area (Å²) >= 11 is 0. The Kier molecular flexibility index (Phi) is 3.77. The maximum atomic E-state index is 8.84. The number of nitrogens with zero attached hydrogens (tertiary/aromatic N) is 2. The molecule has 2 heterocycles. The van der Waals surface area contributed by atoms with Crippen LogP contribution in [0.3, 0.4) is 0 Å². The normalized spacial score (nSPS) is 21.5. The summed E-state index contributed by atoms with van der Waals surface area (Å²) in [4.78, 5) is 3.95. The molecule has 0 aliphatic carbocycles. The van der Waals surface area contributed by atoms with Crippen LogP contribution >= 0.6 is 0 Å². The highest BCUT2D eigenvalue weighted by atomic mass is 16.8. The molecule has 1 aromatic rings. The molecule has 0 aromatic carbocycles. The molecule has 0 radical (unpaired) electrons. The third kappa shape index (κ3) is 3.17. The monoisotopic (exact) mass is 250 g/mol. The van der Waals surface area contributed by atoms with E-state index in [4.69, 9.17) is 24.2 Å². The number of hydrogen-bond donors (Lipinski definition) is 0. The summed E-state index contributed by atoms with van der Waals surface area (Å²) in [5, 5.41) is 8.84. The van der Waals surface area contributed by atoms with Crippen LogP contribution in [0, 0.1) is 11.3 Å². The quantitative estimate of drug-likeness (QED) is 0.752. The van der Waals surface area contributed by atoms with E-state index in [0.29, 0.717) is 12.2 Å². The van der Waals surface area contributed by atoms with Crippen molar-refractivity contribution in [1.82, 2.24) is 4.98 Å². The lowest BCUT2D eigenvalue weighted by atomic mass is 10.3. The zero-order valence-electron chi connectivity index (χ0n) is 10.3. The Bertz CT molecular complexity index is 456. The molecule has 0 bridgehead atoms. The van der Waals surface area contributed by atoms with Gasteiger partial charge in [0.1, 0.15) is 18.2 Å². The summed E-state index contributed by atoms with van der Waals surface area (Å²) in [6, 6.07) is 5.28. The smallest absolute Gasteiger partial charge is 0.233 e. The molecule has 1 atom stereocenters. The number of aromatic nitrogens is 1. The molecule has 0 amide bonds. The molecule has 0 saturated carbocycles. The Morgan fingerprint density at radius 1 is 1.61 bits per heavy atom. The molecule has 1 fully saturated rings. The van der Waals surface area contributed by atoms with Crippen LogP contribution in [0.15, 0.2) is 18.3 Å². The van der Waals surface area contributed by atoms with E-state index >= 15 is 0 Å². The second kappa shape index (κ2) is 5.31. The van der Waals surface area contributed by atoms with Gasteiger partial charge in [-0.1, -0.05) is 0 Å². The summed E-state index contributed by atoms with van der Waals surface area (Å²) < 4.78 is 21.4. The molecule has 6 nitrogen and oxygen atoms in total. The van der Waals surface area contributed by atoms with Gasteiger partial charge in [-0.05, 0) is 26.0 Å². The van der Waals surface area contributed by atoms with E-state index < -0.39 is 12.1 Å². The number of hydrogen-bond acceptors (Lipinski definition) is 6. The zero-order valence-corrected chi connectivity index (χ0v) is 10.3. The summed E-state index contributed by atoms with van der Waals surface area (Å²) in [6.07, 6.45) is 1.09. The van der Waals surface area contributed by atoms with Gasteiger partial charge in [-0.25, -0.2) is 4.98 Å². The summed E-state index contributed by atoms with van der Waals surface area (Å²) in [5.41, 5.74) is 0.366. The fraction of sp³-hybridized carbons (Fsp3) is 0.500. The maximum Gasteiger partial charge on any atom is 0.233 e. The van der Waals surface area contributed by atoms with Crippen molar-refractivity contribution in [3.8, 4) is 11.9 Å². The van der Waals surface area contributed by atoms with E-state index in [-0.39, 0.29) is 12.7 Å². The first kappa shape index (κ1) is 12.8. The van der Waals surface area contributed by atoms with Crippen LogP contribution in [0.1, 0.15) is 19.4 Å². The fourth-order valence-corrected chi connectivity index (χ4v) is 1.49. The minimum absolute atomic E-state index is 0.0458. The van der Waals surface area contributed by atoms with E-state index in [9.17, 15) is 0 Å². The highest BCUT2D eigenvalue weighted by Crippen LogP contribution is 2.23. The Balaban J connectivity index is 1.81. The van der Waals surface area contributed by atoms with Gasteiger partial charge in [0.25, 0.3) is 0 Å².